The number of hydrogen-bond donors (Lipinski definition) is 1. The number of anilines is 1. The zero-order chi connectivity index (χ0) is 28.3. The molecule has 8 nitrogen and oxygen atoms in total. The van der Waals surface area contributed by atoms with Crippen molar-refractivity contribution < 1.29 is 22.7 Å². The summed E-state index contributed by atoms with van der Waals surface area (Å²) in [6.45, 7) is 6.60. The van der Waals surface area contributed by atoms with Gasteiger partial charge in [-0.25, -0.2) is 8.42 Å². The molecule has 2 rings (SSSR count). The van der Waals surface area contributed by atoms with Gasteiger partial charge in [0, 0.05) is 36.1 Å². The van der Waals surface area contributed by atoms with Crippen molar-refractivity contribution in [2.75, 3.05) is 30.3 Å². The highest BCUT2D eigenvalue weighted by Crippen LogP contribution is 2.30. The molecule has 0 spiro atoms. The normalized spacial score (nSPS) is 12.1. The number of para-hydroxylation sites is 2. The lowest BCUT2D eigenvalue weighted by Crippen LogP contribution is -2.48. The van der Waals surface area contributed by atoms with Gasteiger partial charge in [-0.2, -0.15) is 0 Å². The van der Waals surface area contributed by atoms with Crippen molar-refractivity contribution in [2.45, 2.75) is 59.0 Å². The van der Waals surface area contributed by atoms with E-state index in [1.165, 1.54) is 9.21 Å². The average Bonchev–Trinajstić information content (AvgIpc) is 2.86. The summed E-state index contributed by atoms with van der Waals surface area (Å²) in [4.78, 5) is 27.7. The zero-order valence-electron chi connectivity index (χ0n) is 22.4. The van der Waals surface area contributed by atoms with Gasteiger partial charge in [0.15, 0.2) is 0 Å². The van der Waals surface area contributed by atoms with E-state index in [1.807, 2.05) is 13.8 Å². The van der Waals surface area contributed by atoms with Gasteiger partial charge >= 0.3 is 0 Å². The number of unbranched alkanes of at least 4 members (excludes halogenated alkanes) is 1. The van der Waals surface area contributed by atoms with Crippen molar-refractivity contribution in [1.82, 2.24) is 10.2 Å². The summed E-state index contributed by atoms with van der Waals surface area (Å²) in [6.07, 6.45) is 3.15. The summed E-state index contributed by atoms with van der Waals surface area (Å²) in [6, 6.07) is 11.1. The number of carbonyl (C=O) groups excluding carboxylic acids is 2. The second-order valence-corrected chi connectivity index (χ2v) is 11.7. The molecular weight excluding hydrogens is 549 g/mol. The third kappa shape index (κ3) is 9.36. The fourth-order valence-corrected chi connectivity index (χ4v) is 5.31. The van der Waals surface area contributed by atoms with Gasteiger partial charge in [-0.3, -0.25) is 13.9 Å². The van der Waals surface area contributed by atoms with Crippen LogP contribution in [0.3, 0.4) is 0 Å². The van der Waals surface area contributed by atoms with Crippen LogP contribution in [-0.2, 0) is 26.2 Å². The van der Waals surface area contributed by atoms with E-state index in [4.69, 9.17) is 27.9 Å². The SMILES string of the molecule is CCCCNC(=O)[C@H](C)N(Cc1ccc(Cl)cc1Cl)C(=O)CCCN(c1ccccc1OCC)S(C)(=O)=O. The van der Waals surface area contributed by atoms with Crippen LogP contribution >= 0.6 is 23.2 Å². The molecule has 0 saturated carbocycles. The molecule has 0 aliphatic heterocycles. The van der Waals surface area contributed by atoms with Crippen LogP contribution in [0.1, 0.15) is 52.0 Å². The fraction of sp³-hybridized carbons (Fsp3) is 0.481. The Morgan fingerprint density at radius 3 is 2.42 bits per heavy atom. The molecule has 0 bridgehead atoms. The molecule has 1 atom stereocenters. The maximum absolute atomic E-state index is 13.4. The summed E-state index contributed by atoms with van der Waals surface area (Å²) in [5, 5.41) is 3.73. The molecule has 0 aliphatic rings. The Morgan fingerprint density at radius 2 is 1.79 bits per heavy atom. The number of carbonyl (C=O) groups is 2. The largest absolute Gasteiger partial charge is 0.492 e. The van der Waals surface area contributed by atoms with Gasteiger partial charge in [-0.15, -0.1) is 0 Å². The molecule has 0 saturated heterocycles. The highest BCUT2D eigenvalue weighted by atomic mass is 35.5. The van der Waals surface area contributed by atoms with Crippen LogP contribution in [0.25, 0.3) is 0 Å². The topological polar surface area (TPSA) is 96.0 Å². The monoisotopic (exact) mass is 585 g/mol. The molecule has 1 N–H and O–H groups in total. The van der Waals surface area contributed by atoms with Crippen LogP contribution in [-0.4, -0.2) is 57.1 Å². The maximum atomic E-state index is 13.4. The van der Waals surface area contributed by atoms with E-state index in [-0.39, 0.29) is 37.7 Å². The molecule has 2 amide bonds. The van der Waals surface area contributed by atoms with Gasteiger partial charge in [0.05, 0.1) is 18.6 Å². The highest BCUT2D eigenvalue weighted by molar-refractivity contribution is 7.92. The fourth-order valence-electron chi connectivity index (χ4n) is 3.88. The van der Waals surface area contributed by atoms with E-state index in [9.17, 15) is 18.0 Å². The van der Waals surface area contributed by atoms with E-state index in [1.54, 1.807) is 49.4 Å². The smallest absolute Gasteiger partial charge is 0.242 e. The number of rotatable bonds is 15. The summed E-state index contributed by atoms with van der Waals surface area (Å²) in [5.41, 5.74) is 1.07. The number of nitrogens with one attached hydrogen (secondary N) is 1. The predicted molar refractivity (Wildman–Crippen MR) is 153 cm³/mol. The second kappa shape index (κ2) is 15.2. The number of halogens is 2. The predicted octanol–water partition coefficient (Wildman–Crippen LogP) is 5.27. The van der Waals surface area contributed by atoms with Crippen molar-refractivity contribution in [3.63, 3.8) is 0 Å². The lowest BCUT2D eigenvalue weighted by Gasteiger charge is -2.30. The number of sulfonamides is 1. The lowest BCUT2D eigenvalue weighted by molar-refractivity contribution is -0.140. The molecule has 0 heterocycles. The number of ether oxygens (including phenoxy) is 1. The zero-order valence-corrected chi connectivity index (χ0v) is 24.7. The molecule has 11 heteroatoms. The molecule has 210 valence electrons. The number of benzene rings is 2. The number of hydrogen-bond acceptors (Lipinski definition) is 5. The van der Waals surface area contributed by atoms with Crippen LogP contribution in [0.4, 0.5) is 5.69 Å². The molecule has 0 aromatic heterocycles. The van der Waals surface area contributed by atoms with Crippen LogP contribution in [0.15, 0.2) is 42.5 Å². The van der Waals surface area contributed by atoms with Crippen molar-refractivity contribution >= 4 is 50.7 Å². The van der Waals surface area contributed by atoms with E-state index in [0.29, 0.717) is 40.2 Å². The molecule has 2 aromatic carbocycles. The molecule has 38 heavy (non-hydrogen) atoms. The van der Waals surface area contributed by atoms with E-state index in [0.717, 1.165) is 19.1 Å². The van der Waals surface area contributed by atoms with Crippen molar-refractivity contribution in [1.29, 1.82) is 0 Å². The summed E-state index contributed by atoms with van der Waals surface area (Å²) >= 11 is 12.4. The first kappa shape index (κ1) is 31.7. The number of amides is 2. The van der Waals surface area contributed by atoms with Crippen LogP contribution in [0, 0.1) is 0 Å². The number of nitrogens with zero attached hydrogens (tertiary/aromatic N) is 2. The summed E-state index contributed by atoms with van der Waals surface area (Å²) in [5.74, 6) is -0.107. The van der Waals surface area contributed by atoms with Gasteiger partial charge in [0.25, 0.3) is 0 Å². The minimum atomic E-state index is -3.64. The molecule has 0 aliphatic carbocycles. The van der Waals surface area contributed by atoms with E-state index >= 15 is 0 Å². The summed E-state index contributed by atoms with van der Waals surface area (Å²) < 4.78 is 32.1. The standard InChI is InChI=1S/C27H37Cl2N3O5S/c1-5-7-16-30-27(34)20(3)31(19-21-14-15-22(28)18-23(21)29)26(33)13-10-17-32(38(4,35)36)24-11-8-9-12-25(24)37-6-2/h8-9,11-12,14-15,18,20H,5-7,10,13,16-17,19H2,1-4H3,(H,30,34)/t20-/m0/s1. The molecule has 0 fully saturated rings. The van der Waals surface area contributed by atoms with Gasteiger partial charge in [0.2, 0.25) is 21.8 Å². The molecule has 0 unspecified atom stereocenters. The third-order valence-electron chi connectivity index (χ3n) is 5.94. The van der Waals surface area contributed by atoms with Crippen LogP contribution < -0.4 is 14.4 Å². The quantitative estimate of drug-likeness (QED) is 0.287. The van der Waals surface area contributed by atoms with Gasteiger partial charge in [0.1, 0.15) is 11.8 Å². The molecular formula is C27H37Cl2N3O5S. The first-order valence-corrected chi connectivity index (χ1v) is 15.3. The van der Waals surface area contributed by atoms with E-state index in [2.05, 4.69) is 5.32 Å². The molecule has 0 radical (unpaired) electrons. The van der Waals surface area contributed by atoms with Crippen molar-refractivity contribution in [3.8, 4) is 5.75 Å². The minimum Gasteiger partial charge on any atom is -0.492 e. The first-order valence-electron chi connectivity index (χ1n) is 12.7. The minimum absolute atomic E-state index is 0.0284. The Morgan fingerprint density at radius 1 is 1.08 bits per heavy atom. The second-order valence-electron chi connectivity index (χ2n) is 8.92. The van der Waals surface area contributed by atoms with E-state index < -0.39 is 16.1 Å². The Bertz CT molecular complexity index is 1190. The molecule has 2 aromatic rings. The van der Waals surface area contributed by atoms with Gasteiger partial charge < -0.3 is 15.0 Å². The average molecular weight is 587 g/mol. The Hall–Kier alpha value is -2.49. The van der Waals surface area contributed by atoms with Gasteiger partial charge in [-0.1, -0.05) is 54.7 Å². The van der Waals surface area contributed by atoms with Crippen molar-refractivity contribution in [3.05, 3.63) is 58.1 Å². The van der Waals surface area contributed by atoms with Crippen molar-refractivity contribution in [2.24, 2.45) is 0 Å². The maximum Gasteiger partial charge on any atom is 0.242 e. The Balaban J connectivity index is 2.22. The van der Waals surface area contributed by atoms with Gasteiger partial charge in [-0.05, 0) is 56.5 Å². The third-order valence-corrected chi connectivity index (χ3v) is 7.71. The van der Waals surface area contributed by atoms with Crippen LogP contribution in [0.5, 0.6) is 5.75 Å². The van der Waals surface area contributed by atoms with Crippen LogP contribution in [0.2, 0.25) is 10.0 Å². The Labute approximate surface area is 236 Å². The Kier molecular flexibility index (Phi) is 12.7. The highest BCUT2D eigenvalue weighted by Gasteiger charge is 2.27. The summed E-state index contributed by atoms with van der Waals surface area (Å²) in [7, 11) is -3.64. The first-order chi connectivity index (χ1) is 18.0. The lowest BCUT2D eigenvalue weighted by atomic mass is 10.1.